The predicted octanol–water partition coefficient (Wildman–Crippen LogP) is 2.49. The Kier molecular flexibility index (Phi) is 2.47. The van der Waals surface area contributed by atoms with Crippen molar-refractivity contribution in [1.82, 2.24) is 4.98 Å². The van der Waals surface area contributed by atoms with E-state index in [1.165, 1.54) is 6.07 Å². The predicted molar refractivity (Wildman–Crippen MR) is 59.6 cm³/mol. The van der Waals surface area contributed by atoms with Crippen molar-refractivity contribution in [3.63, 3.8) is 0 Å². The Morgan fingerprint density at radius 3 is 2.87 bits per heavy atom. The molecule has 0 saturated heterocycles. The van der Waals surface area contributed by atoms with Crippen molar-refractivity contribution in [2.24, 2.45) is 0 Å². The van der Waals surface area contributed by atoms with Crippen LogP contribution in [0.15, 0.2) is 30.5 Å². The van der Waals surface area contributed by atoms with E-state index < -0.39 is 0 Å². The lowest BCUT2D eigenvalue weighted by molar-refractivity contribution is 0.477. The summed E-state index contributed by atoms with van der Waals surface area (Å²) in [5.41, 5.74) is 6.77. The van der Waals surface area contributed by atoms with E-state index in [0.717, 1.165) is 0 Å². The maximum absolute atomic E-state index is 9.64. The number of nitrogen functional groups attached to an aromatic ring is 1. The van der Waals surface area contributed by atoms with E-state index in [9.17, 15) is 5.11 Å². The molecule has 3 nitrogen and oxygen atoms in total. The summed E-state index contributed by atoms with van der Waals surface area (Å²) < 4.78 is 0. The monoisotopic (exact) mass is 219 g/mol. The molecule has 1 heterocycles. The quantitative estimate of drug-likeness (QED) is 0.775. The van der Waals surface area contributed by atoms with Crippen molar-refractivity contribution in [3.05, 3.63) is 41.6 Å². The Morgan fingerprint density at radius 1 is 1.33 bits per heavy atom. The number of rotatable bonds is 1. The smallest absolute Gasteiger partial charge is 0.132 e. The molecule has 0 fully saturated rings. The van der Waals surface area contributed by atoms with Crippen LogP contribution in [0.4, 0.5) is 5.82 Å². The van der Waals surface area contributed by atoms with Crippen LogP contribution in [0.2, 0.25) is 5.02 Å². The molecule has 1 radical (unpaired) electrons. The number of nitrogens with zero attached hydrogens (tertiary/aromatic N) is 1. The van der Waals surface area contributed by atoms with Crippen LogP contribution in [0.25, 0.3) is 11.1 Å². The molecule has 0 aliphatic rings. The minimum atomic E-state index is 0.140. The standard InChI is InChI=1S/C11H8ClN2O/c12-8-1-2-10(15)9(6-8)7-3-4-14-11(13)5-7/h1-4,6,15H,(H2,13,14). The molecule has 0 saturated carbocycles. The molecule has 0 aliphatic carbocycles. The second-order valence-electron chi connectivity index (χ2n) is 3.03. The van der Waals surface area contributed by atoms with Gasteiger partial charge in [-0.25, -0.2) is 4.98 Å². The topological polar surface area (TPSA) is 59.1 Å². The van der Waals surface area contributed by atoms with Gasteiger partial charge in [-0.05, 0) is 29.8 Å². The lowest BCUT2D eigenvalue weighted by Crippen LogP contribution is -1.90. The van der Waals surface area contributed by atoms with Crippen molar-refractivity contribution in [1.29, 1.82) is 0 Å². The second kappa shape index (κ2) is 3.79. The Labute approximate surface area is 92.1 Å². The third-order valence-electron chi connectivity index (χ3n) is 1.97. The number of nitrogens with two attached hydrogens (primary N) is 1. The zero-order chi connectivity index (χ0) is 10.8. The first-order valence-corrected chi connectivity index (χ1v) is 4.67. The minimum absolute atomic E-state index is 0.140. The normalized spacial score (nSPS) is 10.2. The first-order chi connectivity index (χ1) is 7.16. The Morgan fingerprint density at radius 2 is 2.13 bits per heavy atom. The third-order valence-corrected chi connectivity index (χ3v) is 2.20. The SMILES string of the molecule is Nc1[c]c(-c2cc(Cl)ccc2O)ccn1. The minimum Gasteiger partial charge on any atom is -0.507 e. The molecule has 75 valence electrons. The van der Waals surface area contributed by atoms with Crippen LogP contribution in [-0.2, 0) is 0 Å². The fourth-order valence-electron chi connectivity index (χ4n) is 1.29. The summed E-state index contributed by atoms with van der Waals surface area (Å²) in [5, 5.41) is 10.2. The van der Waals surface area contributed by atoms with Gasteiger partial charge in [-0.3, -0.25) is 0 Å². The summed E-state index contributed by atoms with van der Waals surface area (Å²) in [4.78, 5) is 3.83. The number of benzene rings is 1. The Balaban J connectivity index is 2.58. The molecule has 0 bridgehead atoms. The van der Waals surface area contributed by atoms with Crippen molar-refractivity contribution >= 4 is 17.4 Å². The van der Waals surface area contributed by atoms with Gasteiger partial charge in [-0.15, -0.1) is 0 Å². The van der Waals surface area contributed by atoms with Gasteiger partial charge in [0.15, 0.2) is 0 Å². The molecule has 2 aromatic rings. The number of phenols is 1. The highest BCUT2D eigenvalue weighted by atomic mass is 35.5. The number of phenolic OH excluding ortho intramolecular Hbond substituents is 1. The number of hydrogen-bond donors (Lipinski definition) is 2. The van der Waals surface area contributed by atoms with Crippen LogP contribution < -0.4 is 5.73 Å². The van der Waals surface area contributed by atoms with Gasteiger partial charge in [-0.2, -0.15) is 0 Å². The van der Waals surface area contributed by atoms with Gasteiger partial charge in [-0.1, -0.05) is 11.6 Å². The zero-order valence-corrected chi connectivity index (χ0v) is 8.49. The molecule has 4 heteroatoms. The van der Waals surface area contributed by atoms with Crippen LogP contribution in [0.1, 0.15) is 0 Å². The highest BCUT2D eigenvalue weighted by molar-refractivity contribution is 6.31. The fourth-order valence-corrected chi connectivity index (χ4v) is 1.46. The highest BCUT2D eigenvalue weighted by Crippen LogP contribution is 2.31. The van der Waals surface area contributed by atoms with Crippen LogP contribution in [-0.4, -0.2) is 10.1 Å². The van der Waals surface area contributed by atoms with E-state index >= 15 is 0 Å². The van der Waals surface area contributed by atoms with E-state index in [1.807, 2.05) is 0 Å². The summed E-state index contributed by atoms with van der Waals surface area (Å²) >= 11 is 5.83. The first-order valence-electron chi connectivity index (χ1n) is 4.29. The number of aromatic hydroxyl groups is 1. The summed E-state index contributed by atoms with van der Waals surface area (Å²) in [6.45, 7) is 0. The van der Waals surface area contributed by atoms with Gasteiger partial charge in [0, 0.05) is 22.8 Å². The molecule has 0 unspecified atom stereocenters. The fraction of sp³-hybridized carbons (Fsp3) is 0. The molecule has 1 aromatic carbocycles. The van der Waals surface area contributed by atoms with Gasteiger partial charge >= 0.3 is 0 Å². The second-order valence-corrected chi connectivity index (χ2v) is 3.47. The number of pyridine rings is 1. The number of aromatic nitrogens is 1. The van der Waals surface area contributed by atoms with Gasteiger partial charge in [0.1, 0.15) is 11.6 Å². The lowest BCUT2D eigenvalue weighted by Gasteiger charge is -2.04. The molecule has 0 atom stereocenters. The number of halogens is 1. The molecule has 15 heavy (non-hydrogen) atoms. The maximum atomic E-state index is 9.64. The molecular weight excluding hydrogens is 212 g/mol. The first kappa shape index (κ1) is 9.80. The summed E-state index contributed by atoms with van der Waals surface area (Å²) in [7, 11) is 0. The van der Waals surface area contributed by atoms with Crippen LogP contribution in [0, 0.1) is 6.07 Å². The largest absolute Gasteiger partial charge is 0.507 e. The maximum Gasteiger partial charge on any atom is 0.132 e. The molecule has 0 aliphatic heterocycles. The lowest BCUT2D eigenvalue weighted by atomic mass is 10.1. The molecular formula is C11H8ClN2O. The number of anilines is 1. The van der Waals surface area contributed by atoms with Crippen molar-refractivity contribution in [2.75, 3.05) is 5.73 Å². The summed E-state index contributed by atoms with van der Waals surface area (Å²) in [6.07, 6.45) is 1.56. The van der Waals surface area contributed by atoms with E-state index in [2.05, 4.69) is 11.1 Å². The molecule has 0 spiro atoms. The van der Waals surface area contributed by atoms with Gasteiger partial charge in [0.25, 0.3) is 0 Å². The summed E-state index contributed by atoms with van der Waals surface area (Å²) in [6, 6.07) is 9.35. The van der Waals surface area contributed by atoms with Crippen molar-refractivity contribution in [2.45, 2.75) is 0 Å². The van der Waals surface area contributed by atoms with Gasteiger partial charge < -0.3 is 10.8 Å². The van der Waals surface area contributed by atoms with Gasteiger partial charge in [0.05, 0.1) is 0 Å². The number of hydrogen-bond acceptors (Lipinski definition) is 3. The van der Waals surface area contributed by atoms with Gasteiger partial charge in [0.2, 0.25) is 0 Å². The summed E-state index contributed by atoms with van der Waals surface area (Å²) in [5.74, 6) is 0.424. The molecule has 1 aromatic heterocycles. The Bertz CT molecular complexity index is 500. The van der Waals surface area contributed by atoms with E-state index in [4.69, 9.17) is 17.3 Å². The molecule has 0 amide bonds. The van der Waals surface area contributed by atoms with E-state index in [0.29, 0.717) is 16.1 Å². The van der Waals surface area contributed by atoms with Crippen LogP contribution in [0.5, 0.6) is 5.75 Å². The molecule has 2 rings (SSSR count). The Hall–Kier alpha value is -1.74. The van der Waals surface area contributed by atoms with E-state index in [1.54, 1.807) is 24.4 Å². The van der Waals surface area contributed by atoms with E-state index in [-0.39, 0.29) is 11.6 Å². The third kappa shape index (κ3) is 2.02. The zero-order valence-electron chi connectivity index (χ0n) is 7.74. The highest BCUT2D eigenvalue weighted by Gasteiger charge is 2.05. The van der Waals surface area contributed by atoms with Crippen molar-refractivity contribution in [3.8, 4) is 16.9 Å². The molecule has 3 N–H and O–H groups in total. The van der Waals surface area contributed by atoms with Crippen LogP contribution in [0.3, 0.4) is 0 Å². The van der Waals surface area contributed by atoms with Crippen molar-refractivity contribution < 1.29 is 5.11 Å². The van der Waals surface area contributed by atoms with Crippen LogP contribution >= 0.6 is 11.6 Å². The average molecular weight is 220 g/mol. The average Bonchev–Trinajstić information content (AvgIpc) is 2.22.